The Labute approximate surface area is 225 Å². The number of nitrogens with one attached hydrogen (secondary N) is 1. The minimum atomic E-state index is -4.51. The number of carboxylic acid groups (broad SMARTS) is 1. The van der Waals surface area contributed by atoms with Gasteiger partial charge in [0, 0.05) is 24.1 Å². The summed E-state index contributed by atoms with van der Waals surface area (Å²) in [5, 5.41) is 12.7. The SMILES string of the molecule is O=C(Nc1ccccc1C(=N[C@H](CCC(F)(F)F)C(=O)O)c1ccccc1)[C@H]1CCCN1Cc1ccccc1. The molecule has 204 valence electrons. The first-order valence-corrected chi connectivity index (χ1v) is 12.8. The Morgan fingerprint density at radius 2 is 1.62 bits per heavy atom. The van der Waals surface area contributed by atoms with Crippen molar-refractivity contribution in [2.24, 2.45) is 4.99 Å². The number of carbonyl (C=O) groups is 2. The molecule has 1 aliphatic heterocycles. The molecule has 3 aromatic rings. The van der Waals surface area contributed by atoms with Gasteiger partial charge in [-0.2, -0.15) is 13.2 Å². The molecule has 4 rings (SSSR count). The quantitative estimate of drug-likeness (QED) is 0.315. The number of aliphatic carboxylic acids is 1. The number of alkyl halides is 3. The number of carbonyl (C=O) groups excluding carboxylic acids is 1. The van der Waals surface area contributed by atoms with E-state index >= 15 is 0 Å². The Balaban J connectivity index is 1.64. The molecule has 39 heavy (non-hydrogen) atoms. The fourth-order valence-corrected chi connectivity index (χ4v) is 4.74. The zero-order chi connectivity index (χ0) is 27.8. The highest BCUT2D eigenvalue weighted by molar-refractivity contribution is 6.17. The van der Waals surface area contributed by atoms with Gasteiger partial charge in [0.2, 0.25) is 5.91 Å². The van der Waals surface area contributed by atoms with E-state index in [1.807, 2.05) is 30.3 Å². The van der Waals surface area contributed by atoms with Gasteiger partial charge in [0.25, 0.3) is 0 Å². The molecular formula is C30H30F3N3O3. The topological polar surface area (TPSA) is 82.0 Å². The van der Waals surface area contributed by atoms with Crippen molar-refractivity contribution in [2.75, 3.05) is 11.9 Å². The number of nitrogens with zero attached hydrogens (tertiary/aromatic N) is 2. The lowest BCUT2D eigenvalue weighted by molar-refractivity contribution is -0.144. The second-order valence-corrected chi connectivity index (χ2v) is 9.50. The summed E-state index contributed by atoms with van der Waals surface area (Å²) < 4.78 is 38.7. The largest absolute Gasteiger partial charge is 0.480 e. The molecule has 1 saturated heterocycles. The molecule has 1 aliphatic rings. The molecule has 0 unspecified atom stereocenters. The van der Waals surface area contributed by atoms with Crippen molar-refractivity contribution in [3.63, 3.8) is 0 Å². The second kappa shape index (κ2) is 12.7. The van der Waals surface area contributed by atoms with E-state index in [-0.39, 0.29) is 17.7 Å². The molecule has 0 spiro atoms. The number of benzene rings is 3. The maximum Gasteiger partial charge on any atom is 0.389 e. The Morgan fingerprint density at radius 1 is 0.974 bits per heavy atom. The number of aliphatic imine (C=N–C) groups is 1. The van der Waals surface area contributed by atoms with Gasteiger partial charge in [-0.1, -0.05) is 78.9 Å². The van der Waals surface area contributed by atoms with E-state index in [9.17, 15) is 27.9 Å². The molecule has 0 aromatic heterocycles. The van der Waals surface area contributed by atoms with Crippen molar-refractivity contribution in [2.45, 2.75) is 50.5 Å². The van der Waals surface area contributed by atoms with Crippen molar-refractivity contribution in [3.8, 4) is 0 Å². The molecule has 0 saturated carbocycles. The van der Waals surface area contributed by atoms with Crippen molar-refractivity contribution in [1.29, 1.82) is 0 Å². The van der Waals surface area contributed by atoms with Crippen LogP contribution in [0.3, 0.4) is 0 Å². The number of hydrogen-bond donors (Lipinski definition) is 2. The van der Waals surface area contributed by atoms with Crippen LogP contribution in [-0.2, 0) is 16.1 Å². The van der Waals surface area contributed by atoms with Crippen LogP contribution in [0.1, 0.15) is 42.4 Å². The third-order valence-electron chi connectivity index (χ3n) is 6.65. The first kappa shape index (κ1) is 28.0. The summed E-state index contributed by atoms with van der Waals surface area (Å²) in [6.45, 7) is 1.42. The third kappa shape index (κ3) is 7.77. The molecule has 2 atom stereocenters. The fourth-order valence-electron chi connectivity index (χ4n) is 4.74. The molecule has 0 radical (unpaired) electrons. The lowest BCUT2D eigenvalue weighted by Crippen LogP contribution is -2.39. The maximum absolute atomic E-state index is 13.5. The van der Waals surface area contributed by atoms with E-state index in [0.717, 1.165) is 18.5 Å². The molecule has 6 nitrogen and oxygen atoms in total. The first-order chi connectivity index (χ1) is 18.7. The lowest BCUT2D eigenvalue weighted by Gasteiger charge is -2.24. The van der Waals surface area contributed by atoms with Crippen LogP contribution in [0.2, 0.25) is 0 Å². The van der Waals surface area contributed by atoms with Crippen LogP contribution < -0.4 is 5.32 Å². The zero-order valence-corrected chi connectivity index (χ0v) is 21.3. The van der Waals surface area contributed by atoms with E-state index in [0.29, 0.717) is 29.8 Å². The van der Waals surface area contributed by atoms with Gasteiger partial charge < -0.3 is 10.4 Å². The lowest BCUT2D eigenvalue weighted by atomic mass is 9.99. The van der Waals surface area contributed by atoms with E-state index in [2.05, 4.69) is 15.2 Å². The summed E-state index contributed by atoms with van der Waals surface area (Å²) in [5.74, 6) is -1.65. The number of hydrogen-bond acceptors (Lipinski definition) is 4. The van der Waals surface area contributed by atoms with Gasteiger partial charge in [-0.05, 0) is 37.4 Å². The van der Waals surface area contributed by atoms with Gasteiger partial charge >= 0.3 is 12.1 Å². The van der Waals surface area contributed by atoms with Gasteiger partial charge in [-0.15, -0.1) is 0 Å². The highest BCUT2D eigenvalue weighted by Gasteiger charge is 2.32. The van der Waals surface area contributed by atoms with Crippen LogP contribution in [0, 0.1) is 0 Å². The Morgan fingerprint density at radius 3 is 2.28 bits per heavy atom. The standard InChI is InChI=1S/C30H30F3N3O3/c31-30(32,33)18-17-25(29(38)39)34-27(22-12-5-2-6-13-22)23-14-7-8-15-24(23)35-28(37)26-16-9-19-36(26)20-21-10-3-1-4-11-21/h1-8,10-15,25-26H,9,16-20H2,(H,35,37)(H,38,39)/t25-,26-/m1/s1. The van der Waals surface area contributed by atoms with E-state index in [1.54, 1.807) is 54.6 Å². The Hall–Kier alpha value is -3.98. The summed E-state index contributed by atoms with van der Waals surface area (Å²) in [6.07, 6.45) is -4.90. The predicted octanol–water partition coefficient (Wildman–Crippen LogP) is 5.92. The zero-order valence-electron chi connectivity index (χ0n) is 21.3. The van der Waals surface area contributed by atoms with Crippen LogP contribution in [-0.4, -0.2) is 52.4 Å². The van der Waals surface area contributed by atoms with Gasteiger partial charge in [-0.25, -0.2) is 4.79 Å². The number of rotatable bonds is 10. The number of carboxylic acids is 1. The summed E-state index contributed by atoms with van der Waals surface area (Å²) in [6, 6.07) is 23.4. The van der Waals surface area contributed by atoms with Gasteiger partial charge in [0.05, 0.1) is 17.4 Å². The fraction of sp³-hybridized carbons (Fsp3) is 0.300. The van der Waals surface area contributed by atoms with Crippen molar-refractivity contribution >= 4 is 23.3 Å². The predicted molar refractivity (Wildman–Crippen MR) is 144 cm³/mol. The molecule has 9 heteroatoms. The molecule has 0 bridgehead atoms. The van der Waals surface area contributed by atoms with Crippen LogP contribution in [0.5, 0.6) is 0 Å². The van der Waals surface area contributed by atoms with Crippen LogP contribution in [0.25, 0.3) is 0 Å². The Kier molecular flexibility index (Phi) is 9.14. The maximum atomic E-state index is 13.5. The monoisotopic (exact) mass is 537 g/mol. The van der Waals surface area contributed by atoms with E-state index in [4.69, 9.17) is 0 Å². The minimum Gasteiger partial charge on any atom is -0.480 e. The number of halogens is 3. The summed E-state index contributed by atoms with van der Waals surface area (Å²) in [4.78, 5) is 31.8. The average Bonchev–Trinajstić information content (AvgIpc) is 3.38. The van der Waals surface area contributed by atoms with Crippen LogP contribution in [0.15, 0.2) is 89.9 Å². The summed E-state index contributed by atoms with van der Waals surface area (Å²) >= 11 is 0. The summed E-state index contributed by atoms with van der Waals surface area (Å²) in [5.41, 5.74) is 2.69. The minimum absolute atomic E-state index is 0.199. The normalized spacial score (nSPS) is 17.1. The molecule has 1 fully saturated rings. The molecule has 2 N–H and O–H groups in total. The number of likely N-dealkylation sites (tertiary alicyclic amines) is 1. The van der Waals surface area contributed by atoms with Crippen molar-refractivity contribution in [1.82, 2.24) is 4.90 Å². The Bertz CT molecular complexity index is 1300. The number of anilines is 1. The molecule has 3 aromatic carbocycles. The number of para-hydroxylation sites is 1. The number of amides is 1. The third-order valence-corrected chi connectivity index (χ3v) is 6.65. The molecular weight excluding hydrogens is 507 g/mol. The highest BCUT2D eigenvalue weighted by atomic mass is 19.4. The van der Waals surface area contributed by atoms with Crippen molar-refractivity contribution in [3.05, 3.63) is 102 Å². The average molecular weight is 538 g/mol. The highest BCUT2D eigenvalue weighted by Crippen LogP contribution is 2.27. The molecule has 0 aliphatic carbocycles. The van der Waals surface area contributed by atoms with E-state index in [1.165, 1.54) is 0 Å². The molecule has 1 heterocycles. The first-order valence-electron chi connectivity index (χ1n) is 12.8. The van der Waals surface area contributed by atoms with E-state index < -0.39 is 31.0 Å². The van der Waals surface area contributed by atoms with Gasteiger partial charge in [-0.3, -0.25) is 14.7 Å². The smallest absolute Gasteiger partial charge is 0.389 e. The second-order valence-electron chi connectivity index (χ2n) is 9.50. The molecule has 1 amide bonds. The summed E-state index contributed by atoms with van der Waals surface area (Å²) in [7, 11) is 0. The van der Waals surface area contributed by atoms with Crippen molar-refractivity contribution < 1.29 is 27.9 Å². The van der Waals surface area contributed by atoms with Gasteiger partial charge in [0.15, 0.2) is 0 Å². The van der Waals surface area contributed by atoms with Crippen LogP contribution >= 0.6 is 0 Å². The van der Waals surface area contributed by atoms with Crippen LogP contribution in [0.4, 0.5) is 18.9 Å². The van der Waals surface area contributed by atoms with Gasteiger partial charge in [0.1, 0.15) is 6.04 Å².